The molecule has 0 atom stereocenters. The lowest BCUT2D eigenvalue weighted by molar-refractivity contribution is 0.419. The van der Waals surface area contributed by atoms with Gasteiger partial charge in [-0.3, -0.25) is 9.97 Å². The number of hydrogen-bond acceptors (Lipinski definition) is 4. The zero-order valence-electron chi connectivity index (χ0n) is 10.5. The Labute approximate surface area is 111 Å². The summed E-state index contributed by atoms with van der Waals surface area (Å²) in [5.41, 5.74) is 1.93. The van der Waals surface area contributed by atoms with Gasteiger partial charge in [-0.15, -0.1) is 0 Å². The first-order valence-corrected chi connectivity index (χ1v) is 5.96. The average Bonchev–Trinajstić information content (AvgIpc) is 2.48. The Morgan fingerprint density at radius 3 is 2.58 bits per heavy atom. The summed E-state index contributed by atoms with van der Waals surface area (Å²) in [7, 11) is 1.66. The highest BCUT2D eigenvalue weighted by molar-refractivity contribution is 5.97. The Kier molecular flexibility index (Phi) is 2.98. The highest BCUT2D eigenvalue weighted by Crippen LogP contribution is 2.30. The maximum atomic E-state index is 5.35. The second-order valence-corrected chi connectivity index (χ2v) is 4.10. The molecule has 2 aromatic heterocycles. The number of nitrogens with one attached hydrogen (secondary N) is 1. The minimum atomic E-state index is 0.823. The zero-order chi connectivity index (χ0) is 13.1. The fraction of sp³-hybridized carbons (Fsp3) is 0.0667. The van der Waals surface area contributed by atoms with E-state index in [1.54, 1.807) is 19.5 Å². The number of rotatable bonds is 3. The lowest BCUT2D eigenvalue weighted by Crippen LogP contribution is -1.94. The van der Waals surface area contributed by atoms with Crippen LogP contribution in [0, 0.1) is 0 Å². The maximum absolute atomic E-state index is 5.35. The van der Waals surface area contributed by atoms with Crippen molar-refractivity contribution < 1.29 is 4.74 Å². The molecule has 1 aromatic carbocycles. The minimum absolute atomic E-state index is 0.823. The van der Waals surface area contributed by atoms with Crippen molar-refractivity contribution in [2.45, 2.75) is 0 Å². The Hall–Kier alpha value is -2.62. The van der Waals surface area contributed by atoms with Crippen molar-refractivity contribution in [3.63, 3.8) is 0 Å². The molecule has 0 aliphatic carbocycles. The van der Waals surface area contributed by atoms with E-state index < -0.39 is 0 Å². The van der Waals surface area contributed by atoms with Crippen LogP contribution in [0.2, 0.25) is 0 Å². The van der Waals surface area contributed by atoms with Gasteiger partial charge in [-0.2, -0.15) is 0 Å². The van der Waals surface area contributed by atoms with Crippen LogP contribution in [0.3, 0.4) is 0 Å². The number of pyridine rings is 2. The summed E-state index contributed by atoms with van der Waals surface area (Å²) >= 11 is 0. The summed E-state index contributed by atoms with van der Waals surface area (Å²) in [6, 6.07) is 9.78. The van der Waals surface area contributed by atoms with E-state index in [2.05, 4.69) is 15.3 Å². The van der Waals surface area contributed by atoms with Gasteiger partial charge in [0.05, 0.1) is 19.0 Å². The normalized spacial score (nSPS) is 10.4. The first-order valence-electron chi connectivity index (χ1n) is 5.96. The largest absolute Gasteiger partial charge is 0.496 e. The van der Waals surface area contributed by atoms with Crippen molar-refractivity contribution in [3.8, 4) is 5.75 Å². The highest BCUT2D eigenvalue weighted by atomic mass is 16.5. The number of fused-ring (bicyclic) bond motifs is 1. The molecule has 0 bridgehead atoms. The highest BCUT2D eigenvalue weighted by Gasteiger charge is 2.05. The van der Waals surface area contributed by atoms with Crippen molar-refractivity contribution in [1.29, 1.82) is 0 Å². The lowest BCUT2D eigenvalue weighted by Gasteiger charge is -2.11. The second-order valence-electron chi connectivity index (χ2n) is 4.10. The van der Waals surface area contributed by atoms with Gasteiger partial charge in [-0.1, -0.05) is 12.1 Å². The second kappa shape index (κ2) is 4.94. The third kappa shape index (κ3) is 2.20. The molecule has 0 fully saturated rings. The Morgan fingerprint density at radius 2 is 1.79 bits per heavy atom. The van der Waals surface area contributed by atoms with Crippen LogP contribution in [0.5, 0.6) is 5.75 Å². The van der Waals surface area contributed by atoms with Gasteiger partial charge in [0.2, 0.25) is 0 Å². The van der Waals surface area contributed by atoms with Crippen LogP contribution < -0.4 is 10.1 Å². The van der Waals surface area contributed by atoms with Crippen LogP contribution in [0.4, 0.5) is 11.4 Å². The molecule has 3 aromatic rings. The quantitative estimate of drug-likeness (QED) is 0.775. The average molecular weight is 251 g/mol. The zero-order valence-corrected chi connectivity index (χ0v) is 10.5. The number of nitrogens with zero attached hydrogens (tertiary/aromatic N) is 2. The third-order valence-electron chi connectivity index (χ3n) is 2.94. The molecule has 0 saturated heterocycles. The van der Waals surface area contributed by atoms with Crippen molar-refractivity contribution in [3.05, 3.63) is 55.1 Å². The van der Waals surface area contributed by atoms with Crippen LogP contribution >= 0.6 is 0 Å². The summed E-state index contributed by atoms with van der Waals surface area (Å²) in [6.07, 6.45) is 7.12. The van der Waals surface area contributed by atoms with Crippen LogP contribution in [0.15, 0.2) is 55.1 Å². The number of anilines is 2. The Morgan fingerprint density at radius 1 is 0.947 bits per heavy atom. The van der Waals surface area contributed by atoms with E-state index in [0.29, 0.717) is 0 Å². The monoisotopic (exact) mass is 251 g/mol. The summed E-state index contributed by atoms with van der Waals surface area (Å²) in [6.45, 7) is 0. The van der Waals surface area contributed by atoms with E-state index in [1.165, 1.54) is 0 Å². The van der Waals surface area contributed by atoms with E-state index in [1.807, 2.05) is 42.7 Å². The summed E-state index contributed by atoms with van der Waals surface area (Å²) in [4.78, 5) is 8.26. The fourth-order valence-electron chi connectivity index (χ4n) is 2.04. The minimum Gasteiger partial charge on any atom is -0.496 e. The summed E-state index contributed by atoms with van der Waals surface area (Å²) in [5, 5.41) is 5.41. The predicted molar refractivity (Wildman–Crippen MR) is 75.8 cm³/mol. The molecular weight excluding hydrogens is 238 g/mol. The molecule has 4 nitrogen and oxygen atoms in total. The van der Waals surface area contributed by atoms with Gasteiger partial charge in [0, 0.05) is 35.1 Å². The molecule has 19 heavy (non-hydrogen) atoms. The van der Waals surface area contributed by atoms with Crippen LogP contribution in [-0.2, 0) is 0 Å². The first kappa shape index (κ1) is 11.5. The van der Waals surface area contributed by atoms with E-state index in [9.17, 15) is 0 Å². The van der Waals surface area contributed by atoms with Crippen LogP contribution in [-0.4, -0.2) is 17.1 Å². The molecule has 3 rings (SSSR count). The molecule has 1 N–H and O–H groups in total. The van der Waals surface area contributed by atoms with Gasteiger partial charge in [0.25, 0.3) is 0 Å². The van der Waals surface area contributed by atoms with Gasteiger partial charge in [0.1, 0.15) is 5.75 Å². The van der Waals surface area contributed by atoms with E-state index in [4.69, 9.17) is 4.74 Å². The van der Waals surface area contributed by atoms with Gasteiger partial charge in [-0.25, -0.2) is 0 Å². The Bertz CT molecular complexity index is 698. The van der Waals surface area contributed by atoms with Crippen LogP contribution in [0.25, 0.3) is 10.8 Å². The molecular formula is C15H13N3O. The standard InChI is InChI=1S/C15H13N3O/c1-19-15-4-2-3-12-13(15)9-17-10-14(12)18-11-5-7-16-8-6-11/h2-10H,1H3,(H,16,18). The van der Waals surface area contributed by atoms with Gasteiger partial charge < -0.3 is 10.1 Å². The van der Waals surface area contributed by atoms with Crippen LogP contribution in [0.1, 0.15) is 0 Å². The number of aromatic nitrogens is 2. The summed E-state index contributed by atoms with van der Waals surface area (Å²) < 4.78 is 5.35. The smallest absolute Gasteiger partial charge is 0.128 e. The molecule has 0 amide bonds. The third-order valence-corrected chi connectivity index (χ3v) is 2.94. The van der Waals surface area contributed by atoms with Crippen molar-refractivity contribution >= 4 is 22.1 Å². The Balaban J connectivity index is 2.09. The molecule has 0 aliphatic rings. The van der Waals surface area contributed by atoms with E-state index >= 15 is 0 Å². The molecule has 4 heteroatoms. The molecule has 0 spiro atoms. The van der Waals surface area contributed by atoms with Gasteiger partial charge in [-0.05, 0) is 18.2 Å². The van der Waals surface area contributed by atoms with Crippen molar-refractivity contribution in [2.24, 2.45) is 0 Å². The molecule has 94 valence electrons. The fourth-order valence-corrected chi connectivity index (χ4v) is 2.04. The SMILES string of the molecule is COc1cccc2c(Nc3ccncc3)cncc12. The molecule has 0 radical (unpaired) electrons. The maximum Gasteiger partial charge on any atom is 0.128 e. The number of ether oxygens (including phenoxy) is 1. The van der Waals surface area contributed by atoms with E-state index in [0.717, 1.165) is 27.9 Å². The summed E-state index contributed by atoms with van der Waals surface area (Å²) in [5.74, 6) is 0.823. The first-order chi connectivity index (χ1) is 9.38. The topological polar surface area (TPSA) is 47.0 Å². The number of methoxy groups -OCH3 is 1. The predicted octanol–water partition coefficient (Wildman–Crippen LogP) is 3.38. The van der Waals surface area contributed by atoms with Gasteiger partial charge in [0.15, 0.2) is 0 Å². The van der Waals surface area contributed by atoms with E-state index in [-0.39, 0.29) is 0 Å². The van der Waals surface area contributed by atoms with Gasteiger partial charge >= 0.3 is 0 Å². The lowest BCUT2D eigenvalue weighted by atomic mass is 10.1. The molecule has 0 saturated carbocycles. The van der Waals surface area contributed by atoms with Crippen molar-refractivity contribution in [2.75, 3.05) is 12.4 Å². The molecule has 0 aliphatic heterocycles. The number of benzene rings is 1. The molecule has 2 heterocycles. The van der Waals surface area contributed by atoms with Crippen molar-refractivity contribution in [1.82, 2.24) is 9.97 Å². The molecule has 0 unspecified atom stereocenters. The number of hydrogen-bond donors (Lipinski definition) is 1.